The number of hydrogen-bond donors (Lipinski definition) is 1. The van der Waals surface area contributed by atoms with Crippen molar-refractivity contribution < 1.29 is 22.7 Å². The molecule has 0 atom stereocenters. The number of ether oxygens (including phenoxy) is 2. The van der Waals surface area contributed by atoms with E-state index in [2.05, 4.69) is 14.6 Å². The summed E-state index contributed by atoms with van der Waals surface area (Å²) in [5, 5.41) is 0.797. The lowest BCUT2D eigenvalue weighted by Gasteiger charge is -2.10. The van der Waals surface area contributed by atoms with Crippen molar-refractivity contribution in [2.75, 3.05) is 32.8 Å². The molecule has 0 unspecified atom stereocenters. The molecule has 1 heterocycles. The fraction of sp³-hybridized carbons (Fsp3) is 0.400. The number of hydrogen-bond acceptors (Lipinski definition) is 6. The number of aromatic nitrogens is 1. The number of fused-ring (bicyclic) bond motifs is 1. The van der Waals surface area contributed by atoms with Crippen LogP contribution in [0.2, 0.25) is 0 Å². The molecule has 1 aromatic heterocycles. The van der Waals surface area contributed by atoms with E-state index < -0.39 is 21.9 Å². The van der Waals surface area contributed by atoms with Crippen molar-refractivity contribution in [3.05, 3.63) is 30.0 Å². The van der Waals surface area contributed by atoms with Crippen molar-refractivity contribution in [3.63, 3.8) is 0 Å². The van der Waals surface area contributed by atoms with Crippen LogP contribution >= 0.6 is 0 Å². The fourth-order valence-corrected chi connectivity index (χ4v) is 2.43. The first-order valence-corrected chi connectivity index (χ1v) is 9.08. The van der Waals surface area contributed by atoms with Gasteiger partial charge in [-0.25, -0.2) is 13.2 Å². The number of H-pyrrole nitrogens is 1. The number of benzene rings is 1. The number of sulfone groups is 1. The second-order valence-corrected chi connectivity index (χ2v) is 7.67. The lowest BCUT2D eigenvalue weighted by molar-refractivity contribution is 0.115. The van der Waals surface area contributed by atoms with Crippen LogP contribution in [0, 0.1) is 0 Å². The highest BCUT2D eigenvalue weighted by Gasteiger charge is 2.15. The molecule has 1 aromatic carbocycles. The van der Waals surface area contributed by atoms with E-state index in [1.807, 2.05) is 26.4 Å². The van der Waals surface area contributed by atoms with Crippen LogP contribution in [-0.2, 0) is 21.0 Å². The summed E-state index contributed by atoms with van der Waals surface area (Å²) in [7, 11) is 0.558. The Labute approximate surface area is 135 Å². The molecule has 0 saturated heterocycles. The number of nitrogens with one attached hydrogen (secondary N) is 1. The normalized spacial score (nSPS) is 11.8. The van der Waals surface area contributed by atoms with E-state index in [9.17, 15) is 13.2 Å². The fourth-order valence-electron chi connectivity index (χ4n) is 2.12. The highest BCUT2D eigenvalue weighted by molar-refractivity contribution is 7.90. The van der Waals surface area contributed by atoms with Crippen LogP contribution in [0.15, 0.2) is 24.4 Å². The number of nitrogens with zero attached hydrogens (tertiary/aromatic N) is 1. The number of carbonyl (C=O) groups excluding carboxylic acids is 1. The van der Waals surface area contributed by atoms with E-state index in [1.165, 1.54) is 0 Å². The van der Waals surface area contributed by atoms with Gasteiger partial charge in [-0.2, -0.15) is 0 Å². The Bertz CT molecular complexity index is 795. The van der Waals surface area contributed by atoms with Crippen LogP contribution < -0.4 is 4.74 Å². The number of aromatic amines is 1. The van der Waals surface area contributed by atoms with Crippen LogP contribution in [0.25, 0.3) is 10.9 Å². The molecular weight excluding hydrogens is 320 g/mol. The van der Waals surface area contributed by atoms with E-state index in [1.54, 1.807) is 12.1 Å². The summed E-state index contributed by atoms with van der Waals surface area (Å²) in [6, 6.07) is 5.27. The molecule has 0 aliphatic heterocycles. The maximum atomic E-state index is 11.7. The van der Waals surface area contributed by atoms with E-state index in [0.717, 1.165) is 35.7 Å². The van der Waals surface area contributed by atoms with Gasteiger partial charge in [0.15, 0.2) is 15.8 Å². The first-order valence-electron chi connectivity index (χ1n) is 7.02. The maximum absolute atomic E-state index is 11.7. The summed E-state index contributed by atoms with van der Waals surface area (Å²) < 4.78 is 31.8. The molecular formula is C15H20N2O5S. The average molecular weight is 340 g/mol. The van der Waals surface area contributed by atoms with Gasteiger partial charge in [0, 0.05) is 29.9 Å². The quantitative estimate of drug-likeness (QED) is 0.637. The van der Waals surface area contributed by atoms with Crippen LogP contribution in [0.5, 0.6) is 5.75 Å². The van der Waals surface area contributed by atoms with Crippen LogP contribution in [0.1, 0.15) is 5.56 Å². The summed E-state index contributed by atoms with van der Waals surface area (Å²) in [5.74, 6) is -0.362. The Hall–Kier alpha value is -2.06. The van der Waals surface area contributed by atoms with Gasteiger partial charge in [0.05, 0.1) is 0 Å². The van der Waals surface area contributed by atoms with Gasteiger partial charge in [-0.15, -0.1) is 0 Å². The zero-order valence-electron chi connectivity index (χ0n) is 13.3. The van der Waals surface area contributed by atoms with Gasteiger partial charge in [-0.1, -0.05) is 6.07 Å². The second-order valence-electron chi connectivity index (χ2n) is 5.59. The van der Waals surface area contributed by atoms with Gasteiger partial charge in [0.1, 0.15) is 5.75 Å². The van der Waals surface area contributed by atoms with Crippen molar-refractivity contribution in [3.8, 4) is 5.75 Å². The maximum Gasteiger partial charge on any atom is 0.514 e. The lowest BCUT2D eigenvalue weighted by Crippen LogP contribution is -2.17. The summed E-state index contributed by atoms with van der Waals surface area (Å²) in [5.41, 5.74) is 1.85. The van der Waals surface area contributed by atoms with Gasteiger partial charge in [-0.05, 0) is 38.2 Å². The summed E-state index contributed by atoms with van der Waals surface area (Å²) >= 11 is 0. The Balaban J connectivity index is 2.19. The van der Waals surface area contributed by atoms with Crippen molar-refractivity contribution >= 4 is 26.9 Å². The zero-order valence-corrected chi connectivity index (χ0v) is 14.1. The highest BCUT2D eigenvalue weighted by atomic mass is 32.2. The van der Waals surface area contributed by atoms with Crippen molar-refractivity contribution in [2.45, 2.75) is 6.42 Å². The molecule has 0 saturated carbocycles. The zero-order chi connectivity index (χ0) is 17.0. The minimum absolute atomic E-state index is 0.344. The smallest absolute Gasteiger partial charge is 0.418 e. The third-order valence-electron chi connectivity index (χ3n) is 3.16. The third-order valence-corrected chi connectivity index (χ3v) is 3.71. The van der Waals surface area contributed by atoms with Crippen LogP contribution in [-0.4, -0.2) is 57.3 Å². The van der Waals surface area contributed by atoms with Gasteiger partial charge in [0.25, 0.3) is 0 Å². The minimum Gasteiger partial charge on any atom is -0.418 e. The summed E-state index contributed by atoms with van der Waals surface area (Å²) in [4.78, 5) is 16.9. The molecule has 0 aliphatic rings. The van der Waals surface area contributed by atoms with Gasteiger partial charge in [-0.3, -0.25) is 0 Å². The SMILES string of the molecule is CN(C)CCc1c[nH]c2cccc(OC(=O)OCS(C)(=O)=O)c12. The molecule has 1 N–H and O–H groups in total. The molecule has 7 nitrogen and oxygen atoms in total. The Kier molecular flexibility index (Phi) is 5.27. The number of rotatable bonds is 6. The molecule has 0 aliphatic carbocycles. The lowest BCUT2D eigenvalue weighted by atomic mass is 10.1. The Morgan fingerprint density at radius 1 is 1.30 bits per heavy atom. The predicted molar refractivity (Wildman–Crippen MR) is 87.4 cm³/mol. The van der Waals surface area contributed by atoms with Crippen LogP contribution in [0.3, 0.4) is 0 Å². The Morgan fingerprint density at radius 3 is 2.70 bits per heavy atom. The molecule has 8 heteroatoms. The largest absolute Gasteiger partial charge is 0.514 e. The molecule has 0 fully saturated rings. The average Bonchev–Trinajstić information content (AvgIpc) is 2.86. The standard InChI is InChI=1S/C15H20N2O5S/c1-17(2)8-7-11-9-16-12-5-4-6-13(14(11)12)22-15(18)21-10-23(3,19)20/h4-6,9,16H,7-8,10H2,1-3H3. The molecule has 23 heavy (non-hydrogen) atoms. The van der Waals surface area contributed by atoms with E-state index in [4.69, 9.17) is 4.74 Å². The molecule has 0 spiro atoms. The highest BCUT2D eigenvalue weighted by Crippen LogP contribution is 2.29. The molecule has 2 aromatic rings. The van der Waals surface area contributed by atoms with E-state index >= 15 is 0 Å². The van der Waals surface area contributed by atoms with Crippen molar-refractivity contribution in [1.82, 2.24) is 9.88 Å². The summed E-state index contributed by atoms with van der Waals surface area (Å²) in [6.45, 7) is 0.847. The van der Waals surface area contributed by atoms with Gasteiger partial charge in [0.2, 0.25) is 0 Å². The van der Waals surface area contributed by atoms with E-state index in [0.29, 0.717) is 5.75 Å². The van der Waals surface area contributed by atoms with Gasteiger partial charge < -0.3 is 19.4 Å². The minimum atomic E-state index is -3.40. The first-order chi connectivity index (χ1) is 10.8. The monoisotopic (exact) mass is 340 g/mol. The molecule has 0 amide bonds. The second kappa shape index (κ2) is 7.01. The van der Waals surface area contributed by atoms with Crippen molar-refractivity contribution in [2.24, 2.45) is 0 Å². The summed E-state index contributed by atoms with van der Waals surface area (Å²) in [6.07, 6.45) is 2.60. The molecule has 0 bridgehead atoms. The molecule has 126 valence electrons. The third kappa shape index (κ3) is 4.97. The number of carbonyl (C=O) groups is 1. The Morgan fingerprint density at radius 2 is 2.04 bits per heavy atom. The molecule has 2 rings (SSSR count). The molecule has 0 radical (unpaired) electrons. The van der Waals surface area contributed by atoms with E-state index in [-0.39, 0.29) is 0 Å². The van der Waals surface area contributed by atoms with Crippen LogP contribution in [0.4, 0.5) is 4.79 Å². The number of likely N-dealkylation sites (N-methyl/N-ethyl adjacent to an activating group) is 1. The first kappa shape index (κ1) is 17.3. The van der Waals surface area contributed by atoms with Crippen molar-refractivity contribution in [1.29, 1.82) is 0 Å². The van der Waals surface area contributed by atoms with Gasteiger partial charge >= 0.3 is 6.16 Å². The topological polar surface area (TPSA) is 88.7 Å². The predicted octanol–water partition coefficient (Wildman–Crippen LogP) is 1.79.